The molecular formula is C30H27F3N4O3. The molecule has 0 aliphatic carbocycles. The van der Waals surface area contributed by atoms with Crippen LogP contribution in [0, 0.1) is 0 Å². The zero-order chi connectivity index (χ0) is 28.5. The summed E-state index contributed by atoms with van der Waals surface area (Å²) in [5.41, 5.74) is 1.21. The fourth-order valence-electron chi connectivity index (χ4n) is 4.14. The molecule has 40 heavy (non-hydrogen) atoms. The summed E-state index contributed by atoms with van der Waals surface area (Å²) in [6.07, 6.45) is -4.49. The minimum atomic E-state index is -4.49. The van der Waals surface area contributed by atoms with E-state index in [1.54, 1.807) is 48.5 Å². The highest BCUT2D eigenvalue weighted by molar-refractivity contribution is 5.92. The predicted octanol–water partition coefficient (Wildman–Crippen LogP) is 7.14. The van der Waals surface area contributed by atoms with Crippen molar-refractivity contribution in [3.8, 4) is 5.75 Å². The number of halogens is 3. The molecule has 0 saturated heterocycles. The van der Waals surface area contributed by atoms with Crippen LogP contribution in [-0.4, -0.2) is 19.2 Å². The van der Waals surface area contributed by atoms with E-state index in [9.17, 15) is 22.8 Å². The van der Waals surface area contributed by atoms with E-state index in [2.05, 4.69) is 21.3 Å². The number of para-hydroxylation sites is 2. The zero-order valence-corrected chi connectivity index (χ0v) is 21.4. The van der Waals surface area contributed by atoms with E-state index in [0.29, 0.717) is 22.6 Å². The average Bonchev–Trinajstić information content (AvgIpc) is 2.96. The van der Waals surface area contributed by atoms with Gasteiger partial charge in [0.25, 0.3) is 0 Å². The lowest BCUT2D eigenvalue weighted by atomic mass is 9.93. The fraction of sp³-hybridized carbons (Fsp3) is 0.133. The van der Waals surface area contributed by atoms with Gasteiger partial charge in [0.1, 0.15) is 5.75 Å². The van der Waals surface area contributed by atoms with E-state index in [-0.39, 0.29) is 5.69 Å². The Balaban J connectivity index is 1.60. The van der Waals surface area contributed by atoms with Crippen LogP contribution >= 0.6 is 0 Å². The fourth-order valence-corrected chi connectivity index (χ4v) is 4.14. The normalized spacial score (nSPS) is 12.5. The standard InChI is InChI=1S/C30H27F3N4O3/c1-40-25-15-9-8-14-24(25)35-29(39)37-27(21-12-6-3-7-13-21)26(20-10-4-2-5-11-20)36-28(38)34-23-18-16-22(17-19-23)30(31,32)33/h2-19,26-27H,1H3,(H2,34,36,38)(H2,35,37,39). The number of alkyl halides is 3. The lowest BCUT2D eigenvalue weighted by molar-refractivity contribution is -0.137. The molecule has 0 saturated carbocycles. The van der Waals surface area contributed by atoms with Crippen LogP contribution in [0.15, 0.2) is 109 Å². The number of amides is 4. The summed E-state index contributed by atoms with van der Waals surface area (Å²) in [5, 5.41) is 11.2. The van der Waals surface area contributed by atoms with Crippen molar-refractivity contribution < 1.29 is 27.5 Å². The number of hydrogen-bond donors (Lipinski definition) is 4. The maximum absolute atomic E-state index is 13.2. The third-order valence-corrected chi connectivity index (χ3v) is 6.05. The first kappa shape index (κ1) is 28.0. The molecule has 0 spiro atoms. The van der Waals surface area contributed by atoms with Crippen molar-refractivity contribution in [1.82, 2.24) is 10.6 Å². The summed E-state index contributed by atoms with van der Waals surface area (Å²) >= 11 is 0. The van der Waals surface area contributed by atoms with Gasteiger partial charge in [0, 0.05) is 5.69 Å². The third kappa shape index (κ3) is 7.31. The third-order valence-electron chi connectivity index (χ3n) is 6.05. The number of methoxy groups -OCH3 is 1. The molecule has 0 aliphatic heterocycles. The van der Waals surface area contributed by atoms with Gasteiger partial charge >= 0.3 is 18.2 Å². The number of carbonyl (C=O) groups is 2. The number of anilines is 2. The molecule has 4 N–H and O–H groups in total. The summed E-state index contributed by atoms with van der Waals surface area (Å²) < 4.78 is 44.1. The number of ether oxygens (including phenoxy) is 1. The Morgan fingerprint density at radius 3 is 1.62 bits per heavy atom. The molecule has 0 aliphatic rings. The molecule has 0 heterocycles. The molecule has 4 aromatic carbocycles. The molecule has 0 fully saturated rings. The van der Waals surface area contributed by atoms with Crippen LogP contribution in [0.2, 0.25) is 0 Å². The van der Waals surface area contributed by atoms with E-state index in [0.717, 1.165) is 12.1 Å². The number of carbonyl (C=O) groups excluding carboxylic acids is 2. The highest BCUT2D eigenvalue weighted by atomic mass is 19.4. The first-order chi connectivity index (χ1) is 19.2. The Bertz CT molecular complexity index is 1420. The monoisotopic (exact) mass is 548 g/mol. The number of nitrogens with one attached hydrogen (secondary N) is 4. The molecule has 2 unspecified atom stereocenters. The van der Waals surface area contributed by atoms with E-state index in [1.807, 2.05) is 36.4 Å². The molecule has 0 bridgehead atoms. The van der Waals surface area contributed by atoms with Crippen LogP contribution < -0.4 is 26.0 Å². The lowest BCUT2D eigenvalue weighted by Crippen LogP contribution is -2.43. The predicted molar refractivity (Wildman–Crippen MR) is 147 cm³/mol. The lowest BCUT2D eigenvalue weighted by Gasteiger charge is -2.30. The molecule has 7 nitrogen and oxygen atoms in total. The van der Waals surface area contributed by atoms with Crippen LogP contribution in [0.3, 0.4) is 0 Å². The van der Waals surface area contributed by atoms with Crippen molar-refractivity contribution in [2.75, 3.05) is 17.7 Å². The van der Waals surface area contributed by atoms with E-state index in [1.165, 1.54) is 19.2 Å². The average molecular weight is 549 g/mol. The van der Waals surface area contributed by atoms with Crippen molar-refractivity contribution in [2.45, 2.75) is 18.3 Å². The van der Waals surface area contributed by atoms with E-state index in [4.69, 9.17) is 4.74 Å². The van der Waals surface area contributed by atoms with E-state index < -0.39 is 35.9 Å². The van der Waals surface area contributed by atoms with E-state index >= 15 is 0 Å². The molecule has 0 aromatic heterocycles. The minimum absolute atomic E-state index is 0.176. The largest absolute Gasteiger partial charge is 0.495 e. The number of rotatable bonds is 8. The Kier molecular flexibility index (Phi) is 8.90. The number of benzene rings is 4. The maximum Gasteiger partial charge on any atom is 0.416 e. The van der Waals surface area contributed by atoms with Gasteiger partial charge < -0.3 is 26.0 Å². The first-order valence-electron chi connectivity index (χ1n) is 12.3. The zero-order valence-electron chi connectivity index (χ0n) is 21.4. The second-order valence-electron chi connectivity index (χ2n) is 8.75. The summed E-state index contributed by atoms with van der Waals surface area (Å²) in [6.45, 7) is 0. The van der Waals surface area contributed by atoms with Crippen molar-refractivity contribution in [3.63, 3.8) is 0 Å². The van der Waals surface area contributed by atoms with Gasteiger partial charge in [-0.05, 0) is 47.5 Å². The van der Waals surface area contributed by atoms with Crippen molar-refractivity contribution in [3.05, 3.63) is 126 Å². The molecule has 10 heteroatoms. The molecular weight excluding hydrogens is 521 g/mol. The second kappa shape index (κ2) is 12.7. The summed E-state index contributed by atoms with van der Waals surface area (Å²) in [6, 6.07) is 26.5. The Labute approximate surface area is 229 Å². The molecule has 4 amide bonds. The topological polar surface area (TPSA) is 91.5 Å². The van der Waals surface area contributed by atoms with Crippen LogP contribution in [0.5, 0.6) is 5.75 Å². The van der Waals surface area contributed by atoms with Crippen LogP contribution in [-0.2, 0) is 6.18 Å². The van der Waals surface area contributed by atoms with Crippen LogP contribution in [0.25, 0.3) is 0 Å². The van der Waals surface area contributed by atoms with Gasteiger partial charge in [-0.15, -0.1) is 0 Å². The highest BCUT2D eigenvalue weighted by Gasteiger charge is 2.31. The summed E-state index contributed by atoms with van der Waals surface area (Å²) in [5.74, 6) is 0.475. The van der Waals surface area contributed by atoms with Crippen molar-refractivity contribution in [1.29, 1.82) is 0 Å². The Hall–Kier alpha value is -4.99. The smallest absolute Gasteiger partial charge is 0.416 e. The number of urea groups is 2. The maximum atomic E-state index is 13.2. The van der Waals surface area contributed by atoms with Gasteiger partial charge in [-0.2, -0.15) is 13.2 Å². The van der Waals surface area contributed by atoms with Crippen molar-refractivity contribution in [2.24, 2.45) is 0 Å². The summed E-state index contributed by atoms with van der Waals surface area (Å²) in [4.78, 5) is 26.3. The van der Waals surface area contributed by atoms with Crippen LogP contribution in [0.4, 0.5) is 34.1 Å². The van der Waals surface area contributed by atoms with Gasteiger partial charge in [-0.25, -0.2) is 9.59 Å². The van der Waals surface area contributed by atoms with Gasteiger partial charge in [0.05, 0.1) is 30.4 Å². The Morgan fingerprint density at radius 2 is 1.12 bits per heavy atom. The second-order valence-corrected chi connectivity index (χ2v) is 8.75. The van der Waals surface area contributed by atoms with Gasteiger partial charge in [-0.3, -0.25) is 0 Å². The molecule has 2 atom stereocenters. The highest BCUT2D eigenvalue weighted by Crippen LogP contribution is 2.31. The molecule has 4 aromatic rings. The van der Waals surface area contributed by atoms with Crippen molar-refractivity contribution >= 4 is 23.4 Å². The first-order valence-corrected chi connectivity index (χ1v) is 12.3. The summed E-state index contributed by atoms with van der Waals surface area (Å²) in [7, 11) is 1.50. The molecule has 4 rings (SSSR count). The van der Waals surface area contributed by atoms with Crippen LogP contribution in [0.1, 0.15) is 28.8 Å². The molecule has 206 valence electrons. The van der Waals surface area contributed by atoms with Gasteiger partial charge in [0.2, 0.25) is 0 Å². The number of hydrogen-bond acceptors (Lipinski definition) is 3. The van der Waals surface area contributed by atoms with Gasteiger partial charge in [0.15, 0.2) is 0 Å². The van der Waals surface area contributed by atoms with Gasteiger partial charge in [-0.1, -0.05) is 72.8 Å². The quantitative estimate of drug-likeness (QED) is 0.189. The minimum Gasteiger partial charge on any atom is -0.495 e. The SMILES string of the molecule is COc1ccccc1NC(=O)NC(c1ccccc1)C(NC(=O)Nc1ccc(C(F)(F)F)cc1)c1ccccc1. The molecule has 0 radical (unpaired) electrons. The Morgan fingerprint density at radius 1 is 0.650 bits per heavy atom.